The third-order valence-electron chi connectivity index (χ3n) is 3.80. The van der Waals surface area contributed by atoms with E-state index in [2.05, 4.69) is 0 Å². The maximum Gasteiger partial charge on any atom is 0.488 e. The normalized spacial score (nSPS) is 22.9. The fraction of sp³-hybridized carbons (Fsp3) is 1.00. The molecule has 1 N–H and O–H groups in total. The smallest absolute Gasteiger partial charge is 0.429 e. The van der Waals surface area contributed by atoms with Gasteiger partial charge in [0.1, 0.15) is 0 Å². The van der Waals surface area contributed by atoms with Gasteiger partial charge < -0.3 is 19.0 Å². The molecule has 0 aliphatic carbocycles. The predicted molar refractivity (Wildman–Crippen MR) is 69.5 cm³/mol. The maximum absolute atomic E-state index is 10.0. The van der Waals surface area contributed by atoms with Gasteiger partial charge in [-0.05, 0) is 48.0 Å². The topological polar surface area (TPSA) is 47.9 Å². The van der Waals surface area contributed by atoms with E-state index < -0.39 is 25.2 Å². The molecule has 1 heterocycles. The predicted octanol–water partition coefficient (Wildman–Crippen LogP) is 1.84. The third-order valence-corrected chi connectivity index (χ3v) is 3.80. The van der Waals surface area contributed by atoms with Crippen LogP contribution in [0.4, 0.5) is 0 Å². The fourth-order valence-corrected chi connectivity index (χ4v) is 1.47. The molecule has 1 aliphatic heterocycles. The average Bonchev–Trinajstić information content (AvgIpc) is 2.36. The lowest BCUT2D eigenvalue weighted by Gasteiger charge is -2.32. The zero-order valence-electron chi connectivity index (χ0n) is 12.0. The van der Waals surface area contributed by atoms with Crippen LogP contribution in [0.25, 0.3) is 0 Å². The van der Waals surface area contributed by atoms with E-state index in [4.69, 9.17) is 14.0 Å². The Balaban J connectivity index is 2.66. The van der Waals surface area contributed by atoms with Crippen LogP contribution in [0.1, 0.15) is 54.9 Å². The van der Waals surface area contributed by atoms with Crippen molar-refractivity contribution >= 4 is 14.0 Å². The van der Waals surface area contributed by atoms with Crippen molar-refractivity contribution in [2.24, 2.45) is 0 Å². The summed E-state index contributed by atoms with van der Waals surface area (Å²) in [6, 6.07) is 0. The molecule has 4 nitrogen and oxygen atoms in total. The molecular weight excluding hydrogens is 218 g/mol. The van der Waals surface area contributed by atoms with Crippen molar-refractivity contribution < 1.29 is 19.0 Å². The van der Waals surface area contributed by atoms with Gasteiger partial charge in [-0.3, -0.25) is 0 Å². The Bertz CT molecular complexity index is 263. The van der Waals surface area contributed by atoms with E-state index >= 15 is 0 Å². The van der Waals surface area contributed by atoms with Crippen molar-refractivity contribution in [3.8, 4) is 0 Å². The standard InChI is InChI=1S/C11H24B2O4/c1-8-9(2,3)15-12(14)13-16-10(4,5)11(6,7)17-13/h14H,8H2,1-7H3. The van der Waals surface area contributed by atoms with Crippen molar-refractivity contribution in [2.75, 3.05) is 0 Å². The molecule has 0 aromatic carbocycles. The Labute approximate surface area is 105 Å². The van der Waals surface area contributed by atoms with E-state index in [1.807, 2.05) is 48.5 Å². The highest BCUT2D eigenvalue weighted by molar-refractivity contribution is 7.10. The van der Waals surface area contributed by atoms with Gasteiger partial charge in [-0.15, -0.1) is 0 Å². The molecule has 1 saturated heterocycles. The van der Waals surface area contributed by atoms with E-state index in [1.54, 1.807) is 0 Å². The SMILES string of the molecule is CCC(C)(C)OB(O)B1OC(C)(C)C(C)(C)O1. The third kappa shape index (κ3) is 3.25. The summed E-state index contributed by atoms with van der Waals surface area (Å²) in [6.07, 6.45) is 0.809. The first-order valence-electron chi connectivity index (χ1n) is 6.22. The van der Waals surface area contributed by atoms with Gasteiger partial charge in [0.25, 0.3) is 0 Å². The lowest BCUT2D eigenvalue weighted by molar-refractivity contribution is 0.00578. The maximum atomic E-state index is 10.0. The van der Waals surface area contributed by atoms with E-state index in [-0.39, 0.29) is 5.60 Å². The van der Waals surface area contributed by atoms with Gasteiger partial charge in [-0.25, -0.2) is 0 Å². The van der Waals surface area contributed by atoms with Crippen LogP contribution in [-0.4, -0.2) is 35.8 Å². The molecule has 1 rings (SSSR count). The number of rotatable bonds is 4. The second-order valence-electron chi connectivity index (χ2n) is 6.25. The van der Waals surface area contributed by atoms with Crippen LogP contribution in [0.5, 0.6) is 0 Å². The van der Waals surface area contributed by atoms with Crippen LogP contribution in [0.15, 0.2) is 0 Å². The monoisotopic (exact) mass is 242 g/mol. The summed E-state index contributed by atoms with van der Waals surface area (Å²) in [5, 5.41) is 10.0. The van der Waals surface area contributed by atoms with Crippen molar-refractivity contribution in [2.45, 2.75) is 71.7 Å². The minimum absolute atomic E-state index is 0.386. The zero-order chi connectivity index (χ0) is 13.5. The molecule has 0 radical (unpaired) electrons. The van der Waals surface area contributed by atoms with Crippen LogP contribution >= 0.6 is 0 Å². The van der Waals surface area contributed by atoms with Crippen LogP contribution in [-0.2, 0) is 14.0 Å². The summed E-state index contributed by atoms with van der Waals surface area (Å²) >= 11 is 0. The van der Waals surface area contributed by atoms with Crippen molar-refractivity contribution in [1.29, 1.82) is 0 Å². The Morgan fingerprint density at radius 1 is 1.18 bits per heavy atom. The summed E-state index contributed by atoms with van der Waals surface area (Å²) in [5.41, 5.74) is -1.28. The number of hydrogen-bond acceptors (Lipinski definition) is 4. The molecule has 0 unspecified atom stereocenters. The zero-order valence-corrected chi connectivity index (χ0v) is 12.0. The molecule has 0 atom stereocenters. The van der Waals surface area contributed by atoms with E-state index in [0.29, 0.717) is 0 Å². The molecular formula is C11H24B2O4. The van der Waals surface area contributed by atoms with Gasteiger partial charge in [-0.1, -0.05) is 6.92 Å². The van der Waals surface area contributed by atoms with Crippen LogP contribution < -0.4 is 0 Å². The molecule has 1 fully saturated rings. The molecule has 17 heavy (non-hydrogen) atoms. The van der Waals surface area contributed by atoms with Crippen molar-refractivity contribution in [3.63, 3.8) is 0 Å². The Hall–Kier alpha value is -0.0301. The van der Waals surface area contributed by atoms with Crippen molar-refractivity contribution in [1.82, 2.24) is 0 Å². The van der Waals surface area contributed by atoms with E-state index in [9.17, 15) is 5.02 Å². The minimum atomic E-state index is -1.06. The lowest BCUT2D eigenvalue weighted by atomic mass is 9.49. The van der Waals surface area contributed by atoms with E-state index in [0.717, 1.165) is 6.42 Å². The summed E-state index contributed by atoms with van der Waals surface area (Å²) in [6.45, 7) is 13.7. The Kier molecular flexibility index (Phi) is 4.04. The van der Waals surface area contributed by atoms with Gasteiger partial charge >= 0.3 is 14.0 Å². The average molecular weight is 242 g/mol. The highest BCUT2D eigenvalue weighted by atomic mass is 16.7. The Morgan fingerprint density at radius 2 is 1.59 bits per heavy atom. The molecule has 0 saturated carbocycles. The molecule has 0 spiro atoms. The second kappa shape index (κ2) is 4.57. The first-order valence-corrected chi connectivity index (χ1v) is 6.22. The Morgan fingerprint density at radius 3 is 1.94 bits per heavy atom. The van der Waals surface area contributed by atoms with Crippen LogP contribution in [0.2, 0.25) is 0 Å². The first-order chi connectivity index (χ1) is 7.51. The van der Waals surface area contributed by atoms with Crippen LogP contribution in [0, 0.1) is 0 Å². The first kappa shape index (κ1) is 15.0. The van der Waals surface area contributed by atoms with Gasteiger partial charge in [0, 0.05) is 5.60 Å². The van der Waals surface area contributed by atoms with Gasteiger partial charge in [-0.2, -0.15) is 0 Å². The highest BCUT2D eigenvalue weighted by Crippen LogP contribution is 2.37. The molecule has 98 valence electrons. The van der Waals surface area contributed by atoms with Crippen LogP contribution in [0.3, 0.4) is 0 Å². The molecule has 0 bridgehead atoms. The second-order valence-corrected chi connectivity index (χ2v) is 6.25. The van der Waals surface area contributed by atoms with Crippen molar-refractivity contribution in [3.05, 3.63) is 0 Å². The minimum Gasteiger partial charge on any atom is -0.429 e. The molecule has 0 aromatic heterocycles. The van der Waals surface area contributed by atoms with Gasteiger partial charge in [0.05, 0.1) is 11.2 Å². The highest BCUT2D eigenvalue weighted by Gasteiger charge is 2.57. The fourth-order valence-electron chi connectivity index (χ4n) is 1.47. The number of hydrogen-bond donors (Lipinski definition) is 1. The summed E-state index contributed by atoms with van der Waals surface area (Å²) in [7, 11) is -1.79. The molecule has 1 aliphatic rings. The van der Waals surface area contributed by atoms with Gasteiger partial charge in [0.15, 0.2) is 0 Å². The van der Waals surface area contributed by atoms with E-state index in [1.165, 1.54) is 0 Å². The summed E-state index contributed by atoms with van der Waals surface area (Å²) in [5.74, 6) is 0. The largest absolute Gasteiger partial charge is 0.488 e. The summed E-state index contributed by atoms with van der Waals surface area (Å²) < 4.78 is 17.0. The molecule has 0 amide bonds. The molecule has 0 aromatic rings. The molecule has 6 heteroatoms. The van der Waals surface area contributed by atoms with Gasteiger partial charge in [0.2, 0.25) is 0 Å². The lowest BCUT2D eigenvalue weighted by Crippen LogP contribution is -2.46. The quantitative estimate of drug-likeness (QED) is 0.764. The summed E-state index contributed by atoms with van der Waals surface area (Å²) in [4.78, 5) is 0.